The average molecular weight is 328 g/mol. The van der Waals surface area contributed by atoms with Crippen LogP contribution in [0.15, 0.2) is 14.1 Å². The van der Waals surface area contributed by atoms with Gasteiger partial charge in [-0.3, -0.25) is 0 Å². The van der Waals surface area contributed by atoms with Crippen molar-refractivity contribution in [1.82, 2.24) is 4.72 Å². The fourth-order valence-electron chi connectivity index (χ4n) is 1.17. The predicted octanol–water partition coefficient (Wildman–Crippen LogP) is 2.13. The van der Waals surface area contributed by atoms with Crippen LogP contribution < -0.4 is 4.72 Å². The molecular weight excluding hydrogens is 314 g/mol. The van der Waals surface area contributed by atoms with E-state index in [0.717, 1.165) is 9.35 Å². The average Bonchev–Trinajstić information content (AvgIpc) is 2.47. The third-order valence-corrected chi connectivity index (χ3v) is 6.07. The van der Waals surface area contributed by atoms with E-state index in [2.05, 4.69) is 20.7 Å². The van der Waals surface area contributed by atoms with Gasteiger partial charge in [-0.15, -0.1) is 11.3 Å². The van der Waals surface area contributed by atoms with Crippen LogP contribution in [0.25, 0.3) is 0 Å². The highest BCUT2D eigenvalue weighted by molar-refractivity contribution is 9.11. The summed E-state index contributed by atoms with van der Waals surface area (Å²) >= 11 is 4.51. The molecule has 1 rings (SSSR count). The Bertz CT molecular complexity index is 436. The molecule has 0 radical (unpaired) electrons. The number of hydrogen-bond donors (Lipinski definition) is 1. The summed E-state index contributed by atoms with van der Waals surface area (Å²) in [6, 6.07) is 1.41. The Labute approximate surface area is 108 Å². The Balaban J connectivity index is 2.86. The predicted molar refractivity (Wildman–Crippen MR) is 68.4 cm³/mol. The topological polar surface area (TPSA) is 55.4 Å². The number of rotatable bonds is 5. The van der Waals surface area contributed by atoms with E-state index in [9.17, 15) is 8.42 Å². The largest absolute Gasteiger partial charge is 0.383 e. The maximum absolute atomic E-state index is 11.9. The van der Waals surface area contributed by atoms with Crippen molar-refractivity contribution in [3.63, 3.8) is 0 Å². The third-order valence-electron chi connectivity index (χ3n) is 1.87. The van der Waals surface area contributed by atoms with Crippen LogP contribution in [0.2, 0.25) is 0 Å². The van der Waals surface area contributed by atoms with Gasteiger partial charge in [0, 0.05) is 13.2 Å². The molecular formula is C9H14BrNO3S2. The Morgan fingerprint density at radius 3 is 2.69 bits per heavy atom. The van der Waals surface area contributed by atoms with E-state index in [0.29, 0.717) is 10.8 Å². The zero-order valence-electron chi connectivity index (χ0n) is 9.28. The molecule has 1 N–H and O–H groups in total. The summed E-state index contributed by atoms with van der Waals surface area (Å²) < 4.78 is 32.4. The van der Waals surface area contributed by atoms with Crippen molar-refractivity contribution in [1.29, 1.82) is 0 Å². The molecule has 0 saturated carbocycles. The van der Waals surface area contributed by atoms with Gasteiger partial charge in [0.05, 0.1) is 10.4 Å². The molecule has 1 unspecified atom stereocenters. The van der Waals surface area contributed by atoms with Gasteiger partial charge >= 0.3 is 0 Å². The van der Waals surface area contributed by atoms with Crippen LogP contribution in [-0.2, 0) is 14.8 Å². The zero-order valence-corrected chi connectivity index (χ0v) is 12.5. The lowest BCUT2D eigenvalue weighted by atomic mass is 10.4. The van der Waals surface area contributed by atoms with Crippen molar-refractivity contribution in [2.24, 2.45) is 0 Å². The summed E-state index contributed by atoms with van der Waals surface area (Å²) in [6.45, 7) is 3.97. The first-order valence-corrected chi connectivity index (χ1v) is 7.73. The Kier molecular flexibility index (Phi) is 4.93. The van der Waals surface area contributed by atoms with E-state index in [1.165, 1.54) is 18.4 Å². The van der Waals surface area contributed by atoms with Crippen molar-refractivity contribution < 1.29 is 13.2 Å². The van der Waals surface area contributed by atoms with Crippen molar-refractivity contribution in [3.8, 4) is 0 Å². The van der Waals surface area contributed by atoms with Crippen molar-refractivity contribution in [2.75, 3.05) is 13.7 Å². The van der Waals surface area contributed by atoms with E-state index in [1.807, 2.05) is 6.92 Å². The molecule has 0 fully saturated rings. The zero-order chi connectivity index (χ0) is 12.3. The number of methoxy groups -OCH3 is 1. The number of ether oxygens (including phenoxy) is 1. The van der Waals surface area contributed by atoms with Crippen molar-refractivity contribution >= 4 is 37.3 Å². The van der Waals surface area contributed by atoms with Gasteiger partial charge in [0.25, 0.3) is 0 Å². The molecule has 92 valence electrons. The van der Waals surface area contributed by atoms with Gasteiger partial charge in [-0.2, -0.15) is 0 Å². The van der Waals surface area contributed by atoms with Crippen LogP contribution in [0, 0.1) is 6.92 Å². The first kappa shape index (κ1) is 14.1. The highest BCUT2D eigenvalue weighted by atomic mass is 79.9. The normalized spacial score (nSPS) is 14.0. The number of hydrogen-bond acceptors (Lipinski definition) is 4. The second-order valence-corrected chi connectivity index (χ2v) is 7.81. The standard InChI is InChI=1S/C9H14BrNO3S2/c1-6-4-8(15-9(6)10)16(12,13)11-7(2)5-14-3/h4,7,11H,5H2,1-3H3. The lowest BCUT2D eigenvalue weighted by Gasteiger charge is -2.11. The smallest absolute Gasteiger partial charge is 0.250 e. The molecule has 1 heterocycles. The minimum Gasteiger partial charge on any atom is -0.383 e. The SMILES string of the molecule is COCC(C)NS(=O)(=O)c1cc(C)c(Br)s1. The summed E-state index contributed by atoms with van der Waals surface area (Å²) in [5.41, 5.74) is 0.921. The minimum atomic E-state index is -3.42. The monoisotopic (exact) mass is 327 g/mol. The maximum Gasteiger partial charge on any atom is 0.250 e. The number of sulfonamides is 1. The first-order valence-electron chi connectivity index (χ1n) is 4.64. The van der Waals surface area contributed by atoms with Crippen molar-refractivity contribution in [3.05, 3.63) is 15.4 Å². The molecule has 0 amide bonds. The summed E-state index contributed by atoms with van der Waals surface area (Å²) in [5, 5.41) is 0. The lowest BCUT2D eigenvalue weighted by molar-refractivity contribution is 0.180. The number of nitrogens with one attached hydrogen (secondary N) is 1. The van der Waals surface area contributed by atoms with E-state index in [-0.39, 0.29) is 6.04 Å². The molecule has 0 saturated heterocycles. The second kappa shape index (κ2) is 5.59. The quantitative estimate of drug-likeness (QED) is 0.901. The fraction of sp³-hybridized carbons (Fsp3) is 0.556. The molecule has 1 aromatic heterocycles. The fourth-order valence-corrected chi connectivity index (χ4v) is 4.64. The maximum atomic E-state index is 11.9. The van der Waals surface area contributed by atoms with Gasteiger partial charge in [0.1, 0.15) is 4.21 Å². The molecule has 1 atom stereocenters. The summed E-state index contributed by atoms with van der Waals surface area (Å²) in [5.74, 6) is 0. The van der Waals surface area contributed by atoms with Gasteiger partial charge in [0.15, 0.2) is 0 Å². The number of halogens is 1. The molecule has 1 aromatic rings. The molecule has 0 bridgehead atoms. The van der Waals surface area contributed by atoms with Crippen LogP contribution in [0.1, 0.15) is 12.5 Å². The number of thiophene rings is 1. The van der Waals surface area contributed by atoms with Gasteiger partial charge in [-0.25, -0.2) is 13.1 Å². The molecule has 4 nitrogen and oxygen atoms in total. The molecule has 0 aromatic carbocycles. The van der Waals surface area contributed by atoms with Crippen LogP contribution in [-0.4, -0.2) is 28.2 Å². The van der Waals surface area contributed by atoms with Crippen LogP contribution in [0.4, 0.5) is 0 Å². The van der Waals surface area contributed by atoms with Gasteiger partial charge in [-0.1, -0.05) is 0 Å². The Morgan fingerprint density at radius 2 is 2.25 bits per heavy atom. The van der Waals surface area contributed by atoms with Crippen molar-refractivity contribution in [2.45, 2.75) is 24.1 Å². The molecule has 0 aliphatic carbocycles. The van der Waals surface area contributed by atoms with Gasteiger partial charge in [-0.05, 0) is 41.4 Å². The van der Waals surface area contributed by atoms with Gasteiger partial charge in [0.2, 0.25) is 10.0 Å². The molecule has 16 heavy (non-hydrogen) atoms. The summed E-state index contributed by atoms with van der Waals surface area (Å²) in [7, 11) is -1.89. The number of aryl methyl sites for hydroxylation is 1. The highest BCUT2D eigenvalue weighted by Crippen LogP contribution is 2.30. The molecule has 7 heteroatoms. The van der Waals surface area contributed by atoms with E-state index >= 15 is 0 Å². The van der Waals surface area contributed by atoms with Gasteiger partial charge < -0.3 is 4.74 Å². The van der Waals surface area contributed by atoms with E-state index in [1.54, 1.807) is 13.0 Å². The van der Waals surface area contributed by atoms with Crippen LogP contribution in [0.5, 0.6) is 0 Å². The van der Waals surface area contributed by atoms with Crippen LogP contribution in [0.3, 0.4) is 0 Å². The first-order chi connectivity index (χ1) is 7.36. The van der Waals surface area contributed by atoms with E-state index < -0.39 is 10.0 Å². The molecule has 0 spiro atoms. The molecule has 0 aliphatic heterocycles. The Hall–Kier alpha value is 0.0500. The lowest BCUT2D eigenvalue weighted by Crippen LogP contribution is -2.35. The summed E-state index contributed by atoms with van der Waals surface area (Å²) in [4.78, 5) is 0. The molecule has 0 aliphatic rings. The second-order valence-electron chi connectivity index (χ2n) is 3.50. The highest BCUT2D eigenvalue weighted by Gasteiger charge is 2.20. The minimum absolute atomic E-state index is 0.240. The van der Waals surface area contributed by atoms with E-state index in [4.69, 9.17) is 4.74 Å². The third kappa shape index (κ3) is 3.53. The van der Waals surface area contributed by atoms with Crippen LogP contribution >= 0.6 is 27.3 Å². The Morgan fingerprint density at radius 1 is 1.62 bits per heavy atom. The summed E-state index contributed by atoms with van der Waals surface area (Å²) in [6.07, 6.45) is 0.